The Balaban J connectivity index is 2.00. The van der Waals surface area contributed by atoms with E-state index in [0.29, 0.717) is 6.42 Å². The minimum absolute atomic E-state index is 0.102. The Labute approximate surface area is 104 Å². The Morgan fingerprint density at radius 3 is 2.59 bits per heavy atom. The lowest BCUT2D eigenvalue weighted by molar-refractivity contribution is 0.00978. The first-order chi connectivity index (χ1) is 8.10. The highest BCUT2D eigenvalue weighted by atomic mass is 16.3. The molecule has 0 aliphatic heterocycles. The zero-order valence-corrected chi connectivity index (χ0v) is 10.9. The van der Waals surface area contributed by atoms with Crippen molar-refractivity contribution in [1.82, 2.24) is 4.98 Å². The zero-order chi connectivity index (χ0) is 12.3. The van der Waals surface area contributed by atoms with Crippen LogP contribution in [0.2, 0.25) is 0 Å². The second kappa shape index (κ2) is 5.18. The molecule has 17 heavy (non-hydrogen) atoms. The van der Waals surface area contributed by atoms with Crippen LogP contribution in [-0.2, 0) is 6.42 Å². The fraction of sp³-hybridized carbons (Fsp3) is 0.667. The summed E-state index contributed by atoms with van der Waals surface area (Å²) in [6.07, 6.45) is 8.47. The van der Waals surface area contributed by atoms with Crippen molar-refractivity contribution in [2.75, 3.05) is 0 Å². The van der Waals surface area contributed by atoms with E-state index in [9.17, 15) is 5.11 Å². The van der Waals surface area contributed by atoms with Crippen molar-refractivity contribution in [2.24, 2.45) is 5.41 Å². The highest BCUT2D eigenvalue weighted by molar-refractivity contribution is 5.13. The molecule has 1 fully saturated rings. The van der Waals surface area contributed by atoms with Crippen LogP contribution in [0.5, 0.6) is 0 Å². The first-order valence-corrected chi connectivity index (χ1v) is 6.70. The van der Waals surface area contributed by atoms with Gasteiger partial charge in [-0.2, -0.15) is 0 Å². The molecule has 1 N–H and O–H groups in total. The van der Waals surface area contributed by atoms with E-state index in [2.05, 4.69) is 18.0 Å². The predicted octanol–water partition coefficient (Wildman–Crippen LogP) is 3.26. The molecular weight excluding hydrogens is 210 g/mol. The number of aromatic nitrogens is 1. The fourth-order valence-electron chi connectivity index (χ4n) is 2.76. The van der Waals surface area contributed by atoms with Crippen LogP contribution in [0.25, 0.3) is 0 Å². The van der Waals surface area contributed by atoms with Crippen molar-refractivity contribution in [2.45, 2.75) is 58.5 Å². The van der Waals surface area contributed by atoms with Gasteiger partial charge in [0.05, 0.1) is 6.10 Å². The van der Waals surface area contributed by atoms with Crippen LogP contribution in [-0.4, -0.2) is 16.2 Å². The minimum Gasteiger partial charge on any atom is -0.392 e. The molecule has 1 saturated carbocycles. The van der Waals surface area contributed by atoms with E-state index < -0.39 is 0 Å². The van der Waals surface area contributed by atoms with Crippen molar-refractivity contribution in [3.05, 3.63) is 29.6 Å². The Bertz CT molecular complexity index is 352. The molecule has 0 saturated heterocycles. The van der Waals surface area contributed by atoms with Gasteiger partial charge in [-0.25, -0.2) is 0 Å². The van der Waals surface area contributed by atoms with E-state index in [1.165, 1.54) is 24.8 Å². The van der Waals surface area contributed by atoms with Gasteiger partial charge in [0.1, 0.15) is 0 Å². The summed E-state index contributed by atoms with van der Waals surface area (Å²) in [6, 6.07) is 4.10. The SMILES string of the molecule is Cc1ccc(CC(O)C2(C)CCCCC2)nc1. The van der Waals surface area contributed by atoms with Crippen molar-refractivity contribution in [3.63, 3.8) is 0 Å². The van der Waals surface area contributed by atoms with Gasteiger partial charge >= 0.3 is 0 Å². The van der Waals surface area contributed by atoms with E-state index in [1.54, 1.807) is 0 Å². The summed E-state index contributed by atoms with van der Waals surface area (Å²) in [5.74, 6) is 0. The van der Waals surface area contributed by atoms with Crippen molar-refractivity contribution in [1.29, 1.82) is 0 Å². The van der Waals surface area contributed by atoms with Crippen LogP contribution in [0.3, 0.4) is 0 Å². The molecule has 1 unspecified atom stereocenters. The summed E-state index contributed by atoms with van der Waals surface area (Å²) in [6.45, 7) is 4.26. The third-order valence-electron chi connectivity index (χ3n) is 4.18. The summed E-state index contributed by atoms with van der Waals surface area (Å²) >= 11 is 0. The van der Waals surface area contributed by atoms with E-state index in [4.69, 9.17) is 0 Å². The summed E-state index contributed by atoms with van der Waals surface area (Å²) in [7, 11) is 0. The van der Waals surface area contributed by atoms with Crippen molar-refractivity contribution in [3.8, 4) is 0 Å². The van der Waals surface area contributed by atoms with Gasteiger partial charge in [0, 0.05) is 18.3 Å². The minimum atomic E-state index is -0.252. The largest absolute Gasteiger partial charge is 0.392 e. The second-order valence-corrected chi connectivity index (χ2v) is 5.76. The van der Waals surface area contributed by atoms with E-state index in [-0.39, 0.29) is 11.5 Å². The molecule has 0 amide bonds. The standard InChI is InChI=1S/C15H23NO/c1-12-6-7-13(16-11-12)10-14(17)15(2)8-4-3-5-9-15/h6-7,11,14,17H,3-5,8-10H2,1-2H3. The average Bonchev–Trinajstić information content (AvgIpc) is 2.33. The first-order valence-electron chi connectivity index (χ1n) is 6.70. The van der Waals surface area contributed by atoms with E-state index in [0.717, 1.165) is 18.5 Å². The lowest BCUT2D eigenvalue weighted by atomic mass is 9.70. The highest BCUT2D eigenvalue weighted by Crippen LogP contribution is 2.39. The van der Waals surface area contributed by atoms with Gasteiger partial charge in [-0.15, -0.1) is 0 Å². The molecule has 0 radical (unpaired) electrons. The quantitative estimate of drug-likeness (QED) is 0.869. The lowest BCUT2D eigenvalue weighted by Crippen LogP contribution is -2.36. The average molecular weight is 233 g/mol. The molecule has 2 heteroatoms. The van der Waals surface area contributed by atoms with Crippen LogP contribution >= 0.6 is 0 Å². The van der Waals surface area contributed by atoms with Gasteiger partial charge in [0.2, 0.25) is 0 Å². The molecule has 0 aromatic carbocycles. The predicted molar refractivity (Wildman–Crippen MR) is 69.9 cm³/mol. The van der Waals surface area contributed by atoms with Crippen LogP contribution < -0.4 is 0 Å². The number of aliphatic hydroxyl groups is 1. The smallest absolute Gasteiger partial charge is 0.0649 e. The molecule has 0 spiro atoms. The summed E-state index contributed by atoms with van der Waals surface area (Å²) < 4.78 is 0. The number of pyridine rings is 1. The normalized spacial score (nSPS) is 21.1. The Hall–Kier alpha value is -0.890. The summed E-state index contributed by atoms with van der Waals surface area (Å²) in [5.41, 5.74) is 2.28. The van der Waals surface area contributed by atoms with E-state index >= 15 is 0 Å². The van der Waals surface area contributed by atoms with Crippen LogP contribution in [0.1, 0.15) is 50.3 Å². The molecule has 1 aliphatic rings. The lowest BCUT2D eigenvalue weighted by Gasteiger charge is -2.37. The first kappa shape index (κ1) is 12.6. The molecular formula is C15H23NO. The monoisotopic (exact) mass is 233 g/mol. The molecule has 1 heterocycles. The maximum Gasteiger partial charge on any atom is 0.0649 e. The third-order valence-corrected chi connectivity index (χ3v) is 4.18. The Morgan fingerprint density at radius 2 is 2.00 bits per heavy atom. The highest BCUT2D eigenvalue weighted by Gasteiger charge is 2.34. The van der Waals surface area contributed by atoms with Gasteiger partial charge in [0.15, 0.2) is 0 Å². The van der Waals surface area contributed by atoms with Crippen LogP contribution in [0, 0.1) is 12.3 Å². The van der Waals surface area contributed by atoms with Crippen LogP contribution in [0.4, 0.5) is 0 Å². The topological polar surface area (TPSA) is 33.1 Å². The molecule has 94 valence electrons. The molecule has 0 bridgehead atoms. The summed E-state index contributed by atoms with van der Waals surface area (Å²) in [4.78, 5) is 4.38. The molecule has 2 rings (SSSR count). The number of hydrogen-bond acceptors (Lipinski definition) is 2. The number of rotatable bonds is 3. The molecule has 1 aromatic rings. The number of aliphatic hydroxyl groups excluding tert-OH is 1. The van der Waals surface area contributed by atoms with Crippen LogP contribution in [0.15, 0.2) is 18.3 Å². The molecule has 2 nitrogen and oxygen atoms in total. The molecule has 1 aliphatic carbocycles. The Morgan fingerprint density at radius 1 is 1.29 bits per heavy atom. The summed E-state index contributed by atoms with van der Waals surface area (Å²) in [5, 5.41) is 10.4. The van der Waals surface area contributed by atoms with Gasteiger partial charge in [-0.05, 0) is 36.8 Å². The molecule has 1 atom stereocenters. The maximum absolute atomic E-state index is 10.4. The van der Waals surface area contributed by atoms with Gasteiger partial charge in [0.25, 0.3) is 0 Å². The Kier molecular flexibility index (Phi) is 3.82. The maximum atomic E-state index is 10.4. The molecule has 1 aromatic heterocycles. The van der Waals surface area contributed by atoms with Gasteiger partial charge in [-0.1, -0.05) is 32.3 Å². The second-order valence-electron chi connectivity index (χ2n) is 5.76. The van der Waals surface area contributed by atoms with Crippen molar-refractivity contribution >= 4 is 0 Å². The third kappa shape index (κ3) is 3.06. The number of hydrogen-bond donors (Lipinski definition) is 1. The number of nitrogens with zero attached hydrogens (tertiary/aromatic N) is 1. The van der Waals surface area contributed by atoms with Crippen molar-refractivity contribution < 1.29 is 5.11 Å². The van der Waals surface area contributed by atoms with Gasteiger partial charge < -0.3 is 5.11 Å². The number of aryl methyl sites for hydroxylation is 1. The fourth-order valence-corrected chi connectivity index (χ4v) is 2.76. The van der Waals surface area contributed by atoms with E-state index in [1.807, 2.05) is 19.2 Å². The van der Waals surface area contributed by atoms with Gasteiger partial charge in [-0.3, -0.25) is 4.98 Å². The zero-order valence-electron chi connectivity index (χ0n) is 10.9.